The fraction of sp³-hybridized carbons (Fsp3) is 0.167. The summed E-state index contributed by atoms with van der Waals surface area (Å²) < 4.78 is 6.02. The van der Waals surface area contributed by atoms with E-state index in [0.29, 0.717) is 10.9 Å². The summed E-state index contributed by atoms with van der Waals surface area (Å²) in [6, 6.07) is 17.8. The third-order valence-corrected chi connectivity index (χ3v) is 6.31. The van der Waals surface area contributed by atoms with E-state index in [2.05, 4.69) is 27.6 Å². The number of hydrogen-bond acceptors (Lipinski definition) is 7. The van der Waals surface area contributed by atoms with Crippen LogP contribution < -0.4 is 10.1 Å². The molecule has 0 atom stereocenters. The molecule has 8 heteroatoms. The molecule has 0 aliphatic heterocycles. The van der Waals surface area contributed by atoms with Gasteiger partial charge in [-0.3, -0.25) is 10.1 Å². The quantitative estimate of drug-likeness (QED) is 0.439. The predicted molar refractivity (Wildman–Crippen MR) is 108 cm³/mol. The zero-order valence-electron chi connectivity index (χ0n) is 14.0. The van der Waals surface area contributed by atoms with Crippen LogP contribution in [0, 0.1) is 0 Å². The molecule has 0 bridgehead atoms. The SMILES string of the molecule is COc1cccc(SCC(=O)Nc2nnc(SCc3ccccc3)s2)c1. The number of nitrogens with one attached hydrogen (secondary N) is 1. The highest BCUT2D eigenvalue weighted by Gasteiger charge is 2.09. The number of rotatable bonds is 8. The number of carbonyl (C=O) groups is 1. The van der Waals surface area contributed by atoms with E-state index >= 15 is 0 Å². The fourth-order valence-corrected chi connectivity index (χ4v) is 4.50. The van der Waals surface area contributed by atoms with Gasteiger partial charge in [0.2, 0.25) is 11.0 Å². The fourth-order valence-electron chi connectivity index (χ4n) is 2.03. The van der Waals surface area contributed by atoms with Gasteiger partial charge in [0.05, 0.1) is 12.9 Å². The van der Waals surface area contributed by atoms with Crippen molar-refractivity contribution in [1.82, 2.24) is 10.2 Å². The van der Waals surface area contributed by atoms with E-state index in [1.807, 2.05) is 42.5 Å². The Morgan fingerprint density at radius 3 is 2.77 bits per heavy atom. The first-order valence-corrected chi connectivity index (χ1v) is 10.6. The van der Waals surface area contributed by atoms with Crippen molar-refractivity contribution >= 4 is 45.9 Å². The van der Waals surface area contributed by atoms with Crippen LogP contribution in [0.4, 0.5) is 5.13 Å². The summed E-state index contributed by atoms with van der Waals surface area (Å²) in [4.78, 5) is 13.1. The van der Waals surface area contributed by atoms with Gasteiger partial charge in [0.15, 0.2) is 4.34 Å². The molecule has 3 rings (SSSR count). The Morgan fingerprint density at radius 1 is 1.12 bits per heavy atom. The average Bonchev–Trinajstić information content (AvgIpc) is 3.13. The van der Waals surface area contributed by atoms with Crippen LogP contribution in [0.15, 0.2) is 63.8 Å². The Balaban J connectivity index is 1.46. The highest BCUT2D eigenvalue weighted by molar-refractivity contribution is 8.00. The summed E-state index contributed by atoms with van der Waals surface area (Å²) in [5.74, 6) is 1.81. The standard InChI is InChI=1S/C18H17N3O2S3/c1-23-14-8-5-9-15(10-14)24-12-16(22)19-17-20-21-18(26-17)25-11-13-6-3-2-4-7-13/h2-10H,11-12H2,1H3,(H,19,20,22). The van der Waals surface area contributed by atoms with E-state index in [9.17, 15) is 4.79 Å². The number of anilines is 1. The molecule has 26 heavy (non-hydrogen) atoms. The van der Waals surface area contributed by atoms with Crippen LogP contribution in [0.25, 0.3) is 0 Å². The first-order chi connectivity index (χ1) is 12.7. The van der Waals surface area contributed by atoms with Crippen LogP contribution in [0.1, 0.15) is 5.56 Å². The summed E-state index contributed by atoms with van der Waals surface area (Å²) in [5, 5.41) is 11.5. The maximum atomic E-state index is 12.1. The number of carbonyl (C=O) groups excluding carboxylic acids is 1. The lowest BCUT2D eigenvalue weighted by atomic mass is 10.2. The molecular formula is C18H17N3O2S3. The minimum Gasteiger partial charge on any atom is -0.497 e. The number of aromatic nitrogens is 2. The average molecular weight is 404 g/mol. The van der Waals surface area contributed by atoms with Crippen molar-refractivity contribution < 1.29 is 9.53 Å². The third-order valence-electron chi connectivity index (χ3n) is 3.27. The molecule has 1 N–H and O–H groups in total. The molecule has 134 valence electrons. The van der Waals surface area contributed by atoms with E-state index in [4.69, 9.17) is 4.74 Å². The highest BCUT2D eigenvalue weighted by Crippen LogP contribution is 2.28. The maximum absolute atomic E-state index is 12.1. The van der Waals surface area contributed by atoms with Crippen LogP contribution in [0.5, 0.6) is 5.75 Å². The van der Waals surface area contributed by atoms with Crippen molar-refractivity contribution in [2.45, 2.75) is 15.0 Å². The lowest BCUT2D eigenvalue weighted by molar-refractivity contribution is -0.113. The van der Waals surface area contributed by atoms with Gasteiger partial charge in [0, 0.05) is 10.6 Å². The van der Waals surface area contributed by atoms with Gasteiger partial charge in [-0.05, 0) is 23.8 Å². The second kappa shape index (κ2) is 9.61. The number of nitrogens with zero attached hydrogens (tertiary/aromatic N) is 2. The van der Waals surface area contributed by atoms with Crippen molar-refractivity contribution in [1.29, 1.82) is 0 Å². The topological polar surface area (TPSA) is 64.1 Å². The molecule has 1 aromatic heterocycles. The van der Waals surface area contributed by atoms with Crippen LogP contribution in [0.3, 0.4) is 0 Å². The molecule has 0 radical (unpaired) electrons. The van der Waals surface area contributed by atoms with E-state index < -0.39 is 0 Å². The van der Waals surface area contributed by atoms with Gasteiger partial charge in [-0.2, -0.15) is 0 Å². The summed E-state index contributed by atoms with van der Waals surface area (Å²) in [6.45, 7) is 0. The summed E-state index contributed by atoms with van der Waals surface area (Å²) in [7, 11) is 1.62. The zero-order chi connectivity index (χ0) is 18.2. The van der Waals surface area contributed by atoms with Crippen LogP contribution >= 0.6 is 34.9 Å². The van der Waals surface area contributed by atoms with Crippen molar-refractivity contribution in [3.63, 3.8) is 0 Å². The molecule has 0 spiro atoms. The Bertz CT molecular complexity index is 856. The van der Waals surface area contributed by atoms with Gasteiger partial charge in [0.1, 0.15) is 5.75 Å². The summed E-state index contributed by atoms with van der Waals surface area (Å²) in [5.41, 5.74) is 1.23. The van der Waals surface area contributed by atoms with Crippen LogP contribution in [-0.4, -0.2) is 29.0 Å². The zero-order valence-corrected chi connectivity index (χ0v) is 16.5. The Labute approximate surface area is 164 Å². The minimum absolute atomic E-state index is 0.103. The smallest absolute Gasteiger partial charge is 0.236 e. The second-order valence-corrected chi connectivity index (χ2v) is 8.41. The first-order valence-electron chi connectivity index (χ1n) is 7.80. The molecule has 0 aliphatic carbocycles. The van der Waals surface area contributed by atoms with Gasteiger partial charge in [-0.25, -0.2) is 0 Å². The Kier molecular flexibility index (Phi) is 6.93. The van der Waals surface area contributed by atoms with Gasteiger partial charge >= 0.3 is 0 Å². The number of methoxy groups -OCH3 is 1. The molecule has 0 saturated carbocycles. The van der Waals surface area contributed by atoms with Crippen LogP contribution in [0.2, 0.25) is 0 Å². The number of thioether (sulfide) groups is 2. The molecular weight excluding hydrogens is 386 g/mol. The van der Waals surface area contributed by atoms with E-state index in [1.165, 1.54) is 28.7 Å². The monoisotopic (exact) mass is 403 g/mol. The van der Waals surface area contributed by atoms with E-state index in [0.717, 1.165) is 20.7 Å². The van der Waals surface area contributed by atoms with Gasteiger partial charge < -0.3 is 4.74 Å². The number of amides is 1. The van der Waals surface area contributed by atoms with Crippen molar-refractivity contribution in [2.24, 2.45) is 0 Å². The minimum atomic E-state index is -0.103. The Morgan fingerprint density at radius 2 is 1.96 bits per heavy atom. The molecule has 0 fully saturated rings. The molecule has 0 saturated heterocycles. The molecule has 1 heterocycles. The first kappa shape index (κ1) is 18.8. The number of ether oxygens (including phenoxy) is 1. The number of benzene rings is 2. The van der Waals surface area contributed by atoms with Crippen molar-refractivity contribution in [3.05, 3.63) is 60.2 Å². The van der Waals surface area contributed by atoms with Crippen molar-refractivity contribution in [3.8, 4) is 5.75 Å². The lowest BCUT2D eigenvalue weighted by Gasteiger charge is -2.04. The second-order valence-electron chi connectivity index (χ2n) is 5.16. The predicted octanol–water partition coefficient (Wildman–Crippen LogP) is 4.57. The van der Waals surface area contributed by atoms with Gasteiger partial charge in [-0.15, -0.1) is 22.0 Å². The van der Waals surface area contributed by atoms with Gasteiger partial charge in [-0.1, -0.05) is 59.5 Å². The largest absolute Gasteiger partial charge is 0.497 e. The van der Waals surface area contributed by atoms with Crippen molar-refractivity contribution in [2.75, 3.05) is 18.2 Å². The van der Waals surface area contributed by atoms with Gasteiger partial charge in [0.25, 0.3) is 0 Å². The number of hydrogen-bond donors (Lipinski definition) is 1. The molecule has 0 aliphatic rings. The highest BCUT2D eigenvalue weighted by atomic mass is 32.2. The molecule has 1 amide bonds. The maximum Gasteiger partial charge on any atom is 0.236 e. The van der Waals surface area contributed by atoms with Crippen LogP contribution in [-0.2, 0) is 10.5 Å². The normalized spacial score (nSPS) is 10.5. The molecule has 5 nitrogen and oxygen atoms in total. The summed E-state index contributed by atoms with van der Waals surface area (Å²) >= 11 is 4.45. The molecule has 3 aromatic rings. The Hall–Kier alpha value is -2.03. The third kappa shape index (κ3) is 5.76. The summed E-state index contributed by atoms with van der Waals surface area (Å²) in [6.07, 6.45) is 0. The molecule has 2 aromatic carbocycles. The molecule has 0 unspecified atom stereocenters. The van der Waals surface area contributed by atoms with E-state index in [1.54, 1.807) is 18.9 Å². The van der Waals surface area contributed by atoms with E-state index in [-0.39, 0.29) is 5.91 Å². The lowest BCUT2D eigenvalue weighted by Crippen LogP contribution is -2.13.